The minimum Gasteiger partial charge on any atom is -0.395 e. The molecule has 1 aromatic heterocycles. The van der Waals surface area contributed by atoms with Crippen molar-refractivity contribution in [2.24, 2.45) is 0 Å². The first kappa shape index (κ1) is 12.4. The Morgan fingerprint density at radius 3 is 3.11 bits per heavy atom. The number of anilines is 1. The second-order valence-electron chi connectivity index (χ2n) is 4.82. The summed E-state index contributed by atoms with van der Waals surface area (Å²) in [6.45, 7) is 2.29. The fourth-order valence-corrected chi connectivity index (χ4v) is 2.55. The van der Waals surface area contributed by atoms with Crippen molar-refractivity contribution in [1.82, 2.24) is 9.55 Å². The highest BCUT2D eigenvalue weighted by molar-refractivity contribution is 5.78. The molecule has 1 aliphatic heterocycles. The van der Waals surface area contributed by atoms with Gasteiger partial charge in [0.15, 0.2) is 0 Å². The highest BCUT2D eigenvalue weighted by Crippen LogP contribution is 2.20. The van der Waals surface area contributed by atoms with Gasteiger partial charge in [-0.15, -0.1) is 0 Å². The van der Waals surface area contributed by atoms with Gasteiger partial charge < -0.3 is 19.7 Å². The van der Waals surface area contributed by atoms with E-state index >= 15 is 0 Å². The van der Waals surface area contributed by atoms with E-state index in [-0.39, 0.29) is 12.7 Å². The van der Waals surface area contributed by atoms with E-state index in [1.807, 2.05) is 28.8 Å². The zero-order valence-corrected chi connectivity index (χ0v) is 10.9. The van der Waals surface area contributed by atoms with E-state index in [0.29, 0.717) is 6.54 Å². The number of imidazole rings is 1. The molecule has 0 spiro atoms. The van der Waals surface area contributed by atoms with Gasteiger partial charge in [-0.1, -0.05) is 12.1 Å². The maximum Gasteiger partial charge on any atom is 0.204 e. The summed E-state index contributed by atoms with van der Waals surface area (Å²) in [7, 11) is 0. The zero-order valence-electron chi connectivity index (χ0n) is 10.9. The number of fused-ring (bicyclic) bond motifs is 1. The van der Waals surface area contributed by atoms with Gasteiger partial charge in [0.2, 0.25) is 5.95 Å². The fraction of sp³-hybridized carbons (Fsp3) is 0.500. The summed E-state index contributed by atoms with van der Waals surface area (Å²) in [5, 5.41) is 12.5. The number of para-hydroxylation sites is 2. The van der Waals surface area contributed by atoms with Gasteiger partial charge in [-0.05, 0) is 25.0 Å². The molecule has 1 aromatic carbocycles. The summed E-state index contributed by atoms with van der Waals surface area (Å²) in [5.74, 6) is 0.811. The molecule has 1 fully saturated rings. The Kier molecular flexibility index (Phi) is 3.66. The molecule has 1 aliphatic rings. The summed E-state index contributed by atoms with van der Waals surface area (Å²) in [4.78, 5) is 4.58. The van der Waals surface area contributed by atoms with Crippen LogP contribution in [0.25, 0.3) is 11.0 Å². The Bertz CT molecular complexity index is 547. The molecule has 2 heterocycles. The van der Waals surface area contributed by atoms with E-state index in [4.69, 9.17) is 4.74 Å². The molecule has 0 saturated carbocycles. The Labute approximate surface area is 112 Å². The highest BCUT2D eigenvalue weighted by atomic mass is 16.5. The van der Waals surface area contributed by atoms with Crippen molar-refractivity contribution in [2.45, 2.75) is 25.5 Å². The van der Waals surface area contributed by atoms with E-state index in [1.165, 1.54) is 0 Å². The van der Waals surface area contributed by atoms with E-state index in [1.54, 1.807) is 0 Å². The molecule has 3 rings (SSSR count). The lowest BCUT2D eigenvalue weighted by atomic mass is 10.2. The first-order valence-corrected chi connectivity index (χ1v) is 6.80. The molecule has 5 nitrogen and oxygen atoms in total. The molecule has 0 aliphatic carbocycles. The number of hydrogen-bond donors (Lipinski definition) is 2. The predicted molar refractivity (Wildman–Crippen MR) is 74.3 cm³/mol. The van der Waals surface area contributed by atoms with Crippen molar-refractivity contribution < 1.29 is 9.84 Å². The molecule has 2 aromatic rings. The van der Waals surface area contributed by atoms with Crippen LogP contribution < -0.4 is 5.32 Å². The number of rotatable bonds is 5. The van der Waals surface area contributed by atoms with Gasteiger partial charge in [-0.25, -0.2) is 4.98 Å². The number of aliphatic hydroxyl groups is 1. The number of nitrogens with one attached hydrogen (secondary N) is 1. The normalized spacial score (nSPS) is 19.1. The average molecular weight is 261 g/mol. The molecule has 0 bridgehead atoms. The number of benzene rings is 1. The van der Waals surface area contributed by atoms with Crippen LogP contribution in [0.4, 0.5) is 5.95 Å². The third-order valence-corrected chi connectivity index (χ3v) is 3.49. The third kappa shape index (κ3) is 2.57. The Morgan fingerprint density at radius 2 is 2.32 bits per heavy atom. The molecule has 19 heavy (non-hydrogen) atoms. The van der Waals surface area contributed by atoms with Crippen LogP contribution in [0.2, 0.25) is 0 Å². The van der Waals surface area contributed by atoms with Gasteiger partial charge in [0.1, 0.15) is 0 Å². The van der Waals surface area contributed by atoms with Crippen molar-refractivity contribution in [3.8, 4) is 0 Å². The van der Waals surface area contributed by atoms with Gasteiger partial charge in [-0.2, -0.15) is 0 Å². The van der Waals surface area contributed by atoms with Gasteiger partial charge in [0, 0.05) is 19.7 Å². The van der Waals surface area contributed by atoms with E-state index < -0.39 is 0 Å². The van der Waals surface area contributed by atoms with Crippen LogP contribution in [-0.4, -0.2) is 40.5 Å². The van der Waals surface area contributed by atoms with Gasteiger partial charge >= 0.3 is 0 Å². The topological polar surface area (TPSA) is 59.3 Å². The zero-order chi connectivity index (χ0) is 13.1. The molecule has 0 amide bonds. The molecular weight excluding hydrogens is 242 g/mol. The summed E-state index contributed by atoms with van der Waals surface area (Å²) in [6, 6.07) is 7.97. The van der Waals surface area contributed by atoms with E-state index in [0.717, 1.165) is 43.0 Å². The largest absolute Gasteiger partial charge is 0.395 e. The van der Waals surface area contributed by atoms with Crippen LogP contribution in [0.1, 0.15) is 12.8 Å². The average Bonchev–Trinajstić information content (AvgIpc) is 3.05. The number of nitrogens with zero attached hydrogens (tertiary/aromatic N) is 2. The van der Waals surface area contributed by atoms with Gasteiger partial charge in [0.05, 0.1) is 23.7 Å². The molecular formula is C14H19N3O2. The van der Waals surface area contributed by atoms with Crippen LogP contribution in [-0.2, 0) is 11.3 Å². The maximum absolute atomic E-state index is 9.20. The minimum atomic E-state index is 0.106. The molecule has 1 saturated heterocycles. The molecule has 1 unspecified atom stereocenters. The lowest BCUT2D eigenvalue weighted by Crippen LogP contribution is -2.20. The maximum atomic E-state index is 9.20. The van der Waals surface area contributed by atoms with Crippen LogP contribution in [0.15, 0.2) is 24.3 Å². The van der Waals surface area contributed by atoms with Crippen LogP contribution in [0.5, 0.6) is 0 Å². The molecule has 2 N–H and O–H groups in total. The van der Waals surface area contributed by atoms with Crippen LogP contribution in [0, 0.1) is 0 Å². The van der Waals surface area contributed by atoms with Crippen molar-refractivity contribution in [3.63, 3.8) is 0 Å². The smallest absolute Gasteiger partial charge is 0.204 e. The number of ether oxygens (including phenoxy) is 1. The first-order valence-electron chi connectivity index (χ1n) is 6.80. The van der Waals surface area contributed by atoms with Crippen LogP contribution >= 0.6 is 0 Å². The third-order valence-electron chi connectivity index (χ3n) is 3.49. The second-order valence-corrected chi connectivity index (χ2v) is 4.82. The SMILES string of the molecule is OCCn1c(NCC2CCCO2)nc2ccccc21. The number of aromatic nitrogens is 2. The summed E-state index contributed by atoms with van der Waals surface area (Å²) < 4.78 is 7.62. The quantitative estimate of drug-likeness (QED) is 0.858. The second kappa shape index (κ2) is 5.59. The molecule has 0 radical (unpaired) electrons. The van der Waals surface area contributed by atoms with Crippen molar-refractivity contribution in [3.05, 3.63) is 24.3 Å². The lowest BCUT2D eigenvalue weighted by Gasteiger charge is -2.13. The highest BCUT2D eigenvalue weighted by Gasteiger charge is 2.17. The van der Waals surface area contributed by atoms with E-state index in [9.17, 15) is 5.11 Å². The summed E-state index contributed by atoms with van der Waals surface area (Å²) in [5.41, 5.74) is 2.00. The Hall–Kier alpha value is -1.59. The fourth-order valence-electron chi connectivity index (χ4n) is 2.55. The van der Waals surface area contributed by atoms with Crippen molar-refractivity contribution in [1.29, 1.82) is 0 Å². The van der Waals surface area contributed by atoms with Gasteiger partial charge in [-0.3, -0.25) is 0 Å². The summed E-state index contributed by atoms with van der Waals surface area (Å²) >= 11 is 0. The molecule has 1 atom stereocenters. The van der Waals surface area contributed by atoms with E-state index in [2.05, 4.69) is 10.3 Å². The monoisotopic (exact) mass is 261 g/mol. The summed E-state index contributed by atoms with van der Waals surface area (Å²) in [6.07, 6.45) is 2.52. The Balaban J connectivity index is 1.82. The van der Waals surface area contributed by atoms with Crippen molar-refractivity contribution >= 4 is 17.0 Å². The van der Waals surface area contributed by atoms with Crippen molar-refractivity contribution in [2.75, 3.05) is 25.1 Å². The first-order chi connectivity index (χ1) is 9.38. The lowest BCUT2D eigenvalue weighted by molar-refractivity contribution is 0.120. The number of aliphatic hydroxyl groups excluding tert-OH is 1. The minimum absolute atomic E-state index is 0.106. The molecule has 5 heteroatoms. The molecule has 102 valence electrons. The van der Waals surface area contributed by atoms with Gasteiger partial charge in [0.25, 0.3) is 0 Å². The predicted octanol–water partition coefficient (Wildman–Crippen LogP) is 1.62. The standard InChI is InChI=1S/C14H19N3O2/c18-8-7-17-13-6-2-1-5-12(13)16-14(17)15-10-11-4-3-9-19-11/h1-2,5-6,11,18H,3-4,7-10H2,(H,15,16). The number of hydrogen-bond acceptors (Lipinski definition) is 4. The van der Waals surface area contributed by atoms with Crippen LogP contribution in [0.3, 0.4) is 0 Å². The Morgan fingerprint density at radius 1 is 1.42 bits per heavy atom.